The second kappa shape index (κ2) is 5.05. The van der Waals surface area contributed by atoms with Crippen LogP contribution in [0.1, 0.15) is 5.56 Å². The van der Waals surface area contributed by atoms with Gasteiger partial charge < -0.3 is 10.2 Å². The minimum atomic E-state index is 0.323. The topological polar surface area (TPSA) is 52.0 Å². The highest BCUT2D eigenvalue weighted by Gasteiger charge is 2.12. The molecule has 0 fully saturated rings. The van der Waals surface area contributed by atoms with Gasteiger partial charge in [0.05, 0.1) is 5.02 Å². The number of aromatic nitrogens is 1. The van der Waals surface area contributed by atoms with Crippen LogP contribution in [0, 0.1) is 0 Å². The first kappa shape index (κ1) is 13.4. The summed E-state index contributed by atoms with van der Waals surface area (Å²) >= 11 is 17.0. The molecule has 100 valence electrons. The first-order valence-corrected chi connectivity index (χ1v) is 6.87. The van der Waals surface area contributed by atoms with E-state index in [2.05, 4.69) is 4.98 Å². The van der Waals surface area contributed by atoms with Crippen molar-refractivity contribution in [3.05, 3.63) is 52.0 Å². The molecule has 6 heteroatoms. The number of fused-ring (bicyclic) bond motifs is 1. The molecule has 0 spiro atoms. The fourth-order valence-corrected chi connectivity index (χ4v) is 2.54. The summed E-state index contributed by atoms with van der Waals surface area (Å²) in [6.45, 7) is 0. The average Bonchev–Trinajstić information content (AvgIpc) is 2.83. The molecule has 3 rings (SSSR count). The Balaban J connectivity index is 2.17. The molecule has 2 N–H and O–H groups in total. The monoisotopic (exact) mass is 322 g/mol. The van der Waals surface area contributed by atoms with E-state index < -0.39 is 0 Å². The SMILES string of the molecule is NC(=S)c1cccc(-c2nc3cc(Cl)cc(Cl)c3o2)c1. The van der Waals surface area contributed by atoms with E-state index in [1.54, 1.807) is 12.1 Å². The van der Waals surface area contributed by atoms with Crippen LogP contribution in [0.2, 0.25) is 10.0 Å². The van der Waals surface area contributed by atoms with E-state index in [0.717, 1.165) is 11.1 Å². The second-order valence-electron chi connectivity index (χ2n) is 4.20. The third kappa shape index (κ3) is 2.38. The van der Waals surface area contributed by atoms with E-state index in [0.29, 0.717) is 32.0 Å². The van der Waals surface area contributed by atoms with E-state index in [1.807, 2.05) is 24.3 Å². The zero-order valence-corrected chi connectivity index (χ0v) is 12.4. The summed E-state index contributed by atoms with van der Waals surface area (Å²) in [4.78, 5) is 4.71. The van der Waals surface area contributed by atoms with Crippen LogP contribution in [0.5, 0.6) is 0 Å². The summed E-state index contributed by atoms with van der Waals surface area (Å²) in [5.74, 6) is 0.447. The van der Waals surface area contributed by atoms with Crippen LogP contribution in [-0.4, -0.2) is 9.97 Å². The zero-order valence-electron chi connectivity index (χ0n) is 10.1. The van der Waals surface area contributed by atoms with Crippen molar-refractivity contribution in [1.29, 1.82) is 0 Å². The Labute approximate surface area is 130 Å². The number of oxazole rings is 1. The molecule has 0 aliphatic carbocycles. The maximum atomic E-state index is 6.09. The Bertz CT molecular complexity index is 829. The summed E-state index contributed by atoms with van der Waals surface area (Å²) in [6.07, 6.45) is 0. The normalized spacial score (nSPS) is 10.9. The molecule has 3 nitrogen and oxygen atoms in total. The molecule has 1 heterocycles. The highest BCUT2D eigenvalue weighted by atomic mass is 35.5. The number of nitrogens with zero attached hydrogens (tertiary/aromatic N) is 1. The second-order valence-corrected chi connectivity index (χ2v) is 5.48. The molecule has 1 aromatic heterocycles. The molecule has 0 unspecified atom stereocenters. The lowest BCUT2D eigenvalue weighted by atomic mass is 10.1. The van der Waals surface area contributed by atoms with Crippen LogP contribution in [0.25, 0.3) is 22.6 Å². The number of hydrogen-bond donors (Lipinski definition) is 1. The van der Waals surface area contributed by atoms with Crippen molar-refractivity contribution in [3.8, 4) is 11.5 Å². The van der Waals surface area contributed by atoms with Gasteiger partial charge in [-0.2, -0.15) is 0 Å². The van der Waals surface area contributed by atoms with Crippen LogP contribution in [0.15, 0.2) is 40.8 Å². The Morgan fingerprint density at radius 1 is 1.20 bits per heavy atom. The molecule has 20 heavy (non-hydrogen) atoms. The summed E-state index contributed by atoms with van der Waals surface area (Å²) in [5, 5.41) is 0.941. The lowest BCUT2D eigenvalue weighted by Crippen LogP contribution is -2.08. The summed E-state index contributed by atoms with van der Waals surface area (Å²) in [5.41, 5.74) is 8.27. The van der Waals surface area contributed by atoms with Gasteiger partial charge in [0.15, 0.2) is 5.58 Å². The van der Waals surface area contributed by atoms with Crippen LogP contribution < -0.4 is 5.73 Å². The van der Waals surface area contributed by atoms with Crippen molar-refractivity contribution in [2.75, 3.05) is 0 Å². The molecule has 0 aliphatic rings. The standard InChI is InChI=1S/C14H8Cl2N2OS/c15-9-5-10(16)12-11(6-9)18-14(19-12)8-3-1-2-7(4-8)13(17)20/h1-6H,(H2,17,20). The summed E-state index contributed by atoms with van der Waals surface area (Å²) in [7, 11) is 0. The van der Waals surface area contributed by atoms with E-state index >= 15 is 0 Å². The molecular weight excluding hydrogens is 315 g/mol. The maximum Gasteiger partial charge on any atom is 0.227 e. The molecule has 0 saturated heterocycles. The van der Waals surface area contributed by atoms with E-state index in [9.17, 15) is 0 Å². The van der Waals surface area contributed by atoms with Gasteiger partial charge in [0.1, 0.15) is 10.5 Å². The van der Waals surface area contributed by atoms with Crippen LogP contribution in [0.3, 0.4) is 0 Å². The van der Waals surface area contributed by atoms with Crippen molar-refractivity contribution in [1.82, 2.24) is 4.98 Å². The van der Waals surface area contributed by atoms with Gasteiger partial charge >= 0.3 is 0 Å². The zero-order chi connectivity index (χ0) is 14.3. The smallest absolute Gasteiger partial charge is 0.227 e. The summed E-state index contributed by atoms with van der Waals surface area (Å²) < 4.78 is 5.69. The third-order valence-electron chi connectivity index (χ3n) is 2.80. The Hall–Kier alpha value is -1.62. The van der Waals surface area contributed by atoms with E-state index in [1.165, 1.54) is 0 Å². The Morgan fingerprint density at radius 3 is 2.75 bits per heavy atom. The Morgan fingerprint density at radius 2 is 2.00 bits per heavy atom. The summed E-state index contributed by atoms with van der Waals surface area (Å²) in [6, 6.07) is 10.7. The Kier molecular flexibility index (Phi) is 3.38. The number of nitrogens with two attached hydrogens (primary N) is 1. The molecule has 0 atom stereocenters. The van der Waals surface area contributed by atoms with Gasteiger partial charge in [-0.15, -0.1) is 0 Å². The van der Waals surface area contributed by atoms with Crippen molar-refractivity contribution in [2.45, 2.75) is 0 Å². The third-order valence-corrected chi connectivity index (χ3v) is 3.54. The first-order valence-electron chi connectivity index (χ1n) is 5.70. The fourth-order valence-electron chi connectivity index (χ4n) is 1.89. The highest BCUT2D eigenvalue weighted by molar-refractivity contribution is 7.80. The maximum absolute atomic E-state index is 6.09. The quantitative estimate of drug-likeness (QED) is 0.709. The van der Waals surface area contributed by atoms with Gasteiger partial charge in [-0.05, 0) is 24.3 Å². The van der Waals surface area contributed by atoms with Gasteiger partial charge in [-0.1, -0.05) is 47.6 Å². The lowest BCUT2D eigenvalue weighted by Gasteiger charge is -1.99. The van der Waals surface area contributed by atoms with Crippen LogP contribution >= 0.6 is 35.4 Å². The average molecular weight is 323 g/mol. The van der Waals surface area contributed by atoms with Crippen molar-refractivity contribution in [2.24, 2.45) is 5.73 Å². The predicted molar refractivity (Wildman–Crippen MR) is 85.4 cm³/mol. The number of hydrogen-bond acceptors (Lipinski definition) is 3. The molecular formula is C14H8Cl2N2OS. The molecule has 3 aromatic rings. The van der Waals surface area contributed by atoms with Crippen molar-refractivity contribution < 1.29 is 4.42 Å². The van der Waals surface area contributed by atoms with Gasteiger partial charge in [0, 0.05) is 16.1 Å². The molecule has 0 radical (unpaired) electrons. The number of thiocarbonyl (C=S) groups is 1. The van der Waals surface area contributed by atoms with E-state index in [-0.39, 0.29) is 0 Å². The van der Waals surface area contributed by atoms with Gasteiger partial charge in [-0.3, -0.25) is 0 Å². The van der Waals surface area contributed by atoms with Gasteiger partial charge in [-0.25, -0.2) is 4.98 Å². The number of benzene rings is 2. The van der Waals surface area contributed by atoms with Crippen molar-refractivity contribution >= 4 is 51.5 Å². The van der Waals surface area contributed by atoms with Crippen LogP contribution in [-0.2, 0) is 0 Å². The minimum Gasteiger partial charge on any atom is -0.435 e. The van der Waals surface area contributed by atoms with Gasteiger partial charge in [0.25, 0.3) is 0 Å². The van der Waals surface area contributed by atoms with Crippen LogP contribution in [0.4, 0.5) is 0 Å². The highest BCUT2D eigenvalue weighted by Crippen LogP contribution is 2.32. The number of halogens is 2. The number of rotatable bonds is 2. The minimum absolute atomic E-state index is 0.323. The lowest BCUT2D eigenvalue weighted by molar-refractivity contribution is 0.620. The molecule has 0 saturated carbocycles. The molecule has 0 aliphatic heterocycles. The van der Waals surface area contributed by atoms with E-state index in [4.69, 9.17) is 45.6 Å². The largest absolute Gasteiger partial charge is 0.435 e. The van der Waals surface area contributed by atoms with Gasteiger partial charge in [0.2, 0.25) is 5.89 Å². The first-order chi connectivity index (χ1) is 9.54. The fraction of sp³-hybridized carbons (Fsp3) is 0. The predicted octanol–water partition coefficient (Wildman–Crippen LogP) is 4.44. The molecule has 2 aromatic carbocycles. The molecule has 0 bridgehead atoms. The molecule has 0 amide bonds. The van der Waals surface area contributed by atoms with Crippen molar-refractivity contribution in [3.63, 3.8) is 0 Å².